The molecular weight excluding hydrogens is 292 g/mol. The first-order valence-electron chi connectivity index (χ1n) is 4.80. The van der Waals surface area contributed by atoms with Gasteiger partial charge in [0.15, 0.2) is 0 Å². The van der Waals surface area contributed by atoms with Gasteiger partial charge in [0.05, 0.1) is 15.9 Å². The van der Waals surface area contributed by atoms with Crippen molar-refractivity contribution in [2.24, 2.45) is 0 Å². The van der Waals surface area contributed by atoms with Crippen LogP contribution in [0, 0.1) is 0 Å². The van der Waals surface area contributed by atoms with Gasteiger partial charge in [0.1, 0.15) is 0 Å². The average molecular weight is 305 g/mol. The summed E-state index contributed by atoms with van der Waals surface area (Å²) < 4.78 is 0.898. The molecule has 0 fully saturated rings. The van der Waals surface area contributed by atoms with E-state index >= 15 is 0 Å². The van der Waals surface area contributed by atoms with Crippen LogP contribution in [0.2, 0.25) is 0 Å². The zero-order valence-corrected chi connectivity index (χ0v) is 11.5. The Bertz CT molecular complexity index is 392. The third-order valence-corrected chi connectivity index (χ3v) is 3.63. The molecule has 0 aromatic carbocycles. The molecule has 1 heterocycles. The zero-order chi connectivity index (χ0) is 12.1. The summed E-state index contributed by atoms with van der Waals surface area (Å²) in [5.41, 5.74) is 0.573. The van der Waals surface area contributed by atoms with E-state index in [0.717, 1.165) is 3.79 Å². The Morgan fingerprint density at radius 2 is 2.25 bits per heavy atom. The first-order valence-corrected chi connectivity index (χ1v) is 6.48. The van der Waals surface area contributed by atoms with Crippen molar-refractivity contribution in [2.45, 2.75) is 6.92 Å². The molecule has 0 aliphatic rings. The average Bonchev–Trinajstić information content (AvgIpc) is 2.71. The normalized spacial score (nSPS) is 9.94. The fraction of sp³-hybridized carbons (Fsp3) is 0.400. The van der Waals surface area contributed by atoms with Crippen molar-refractivity contribution in [2.75, 3.05) is 20.1 Å². The zero-order valence-electron chi connectivity index (χ0n) is 9.12. The van der Waals surface area contributed by atoms with E-state index in [1.54, 1.807) is 23.4 Å². The summed E-state index contributed by atoms with van der Waals surface area (Å²) >= 11 is 4.72. The highest BCUT2D eigenvalue weighted by Crippen LogP contribution is 2.20. The van der Waals surface area contributed by atoms with Crippen LogP contribution in [0.25, 0.3) is 0 Å². The molecule has 0 radical (unpaired) electrons. The molecule has 16 heavy (non-hydrogen) atoms. The van der Waals surface area contributed by atoms with Crippen LogP contribution >= 0.6 is 27.3 Å². The fourth-order valence-electron chi connectivity index (χ4n) is 0.998. The standard InChI is InChI=1S/C10H13BrN2O2S/c1-3-13(2)9(14)5-12-10(15)7-4-8(11)16-6-7/h4,6H,3,5H2,1-2H3,(H,12,15). The lowest BCUT2D eigenvalue weighted by Crippen LogP contribution is -2.37. The van der Waals surface area contributed by atoms with Crippen LogP contribution in [0.1, 0.15) is 17.3 Å². The van der Waals surface area contributed by atoms with E-state index in [0.29, 0.717) is 12.1 Å². The summed E-state index contributed by atoms with van der Waals surface area (Å²) in [7, 11) is 1.70. The molecule has 0 bridgehead atoms. The molecule has 88 valence electrons. The smallest absolute Gasteiger partial charge is 0.252 e. The van der Waals surface area contributed by atoms with Crippen molar-refractivity contribution in [1.29, 1.82) is 0 Å². The first kappa shape index (κ1) is 13.2. The molecule has 6 heteroatoms. The van der Waals surface area contributed by atoms with Crippen molar-refractivity contribution in [3.8, 4) is 0 Å². The molecule has 1 N–H and O–H groups in total. The van der Waals surface area contributed by atoms with Gasteiger partial charge in [0.2, 0.25) is 5.91 Å². The Labute approximate surface area is 107 Å². The summed E-state index contributed by atoms with van der Waals surface area (Å²) in [5, 5.41) is 4.33. The van der Waals surface area contributed by atoms with Crippen LogP contribution in [0.5, 0.6) is 0 Å². The Morgan fingerprint density at radius 3 is 2.75 bits per heavy atom. The number of thiophene rings is 1. The molecule has 0 unspecified atom stereocenters. The quantitative estimate of drug-likeness (QED) is 0.921. The van der Waals surface area contributed by atoms with Gasteiger partial charge in [-0.3, -0.25) is 9.59 Å². The predicted molar refractivity (Wildman–Crippen MR) is 67.7 cm³/mol. The van der Waals surface area contributed by atoms with Gasteiger partial charge in [-0.15, -0.1) is 11.3 Å². The van der Waals surface area contributed by atoms with E-state index in [1.165, 1.54) is 11.3 Å². The Kier molecular flexibility index (Phi) is 4.95. The SMILES string of the molecule is CCN(C)C(=O)CNC(=O)c1csc(Br)c1. The number of carbonyl (C=O) groups is 2. The predicted octanol–water partition coefficient (Wildman–Crippen LogP) is 1.72. The molecule has 1 aromatic rings. The van der Waals surface area contributed by atoms with Gasteiger partial charge >= 0.3 is 0 Å². The Morgan fingerprint density at radius 1 is 1.56 bits per heavy atom. The molecule has 0 aliphatic carbocycles. The first-order chi connectivity index (χ1) is 7.54. The second-order valence-electron chi connectivity index (χ2n) is 3.23. The summed E-state index contributed by atoms with van der Waals surface area (Å²) in [6, 6.07) is 1.73. The minimum atomic E-state index is -0.222. The van der Waals surface area contributed by atoms with E-state index in [4.69, 9.17) is 0 Å². The largest absolute Gasteiger partial charge is 0.345 e. The second kappa shape index (κ2) is 6.00. The summed E-state index contributed by atoms with van der Waals surface area (Å²) in [6.45, 7) is 2.56. The topological polar surface area (TPSA) is 49.4 Å². The van der Waals surface area contributed by atoms with E-state index in [2.05, 4.69) is 21.2 Å². The summed E-state index contributed by atoms with van der Waals surface area (Å²) in [6.07, 6.45) is 0. The van der Waals surface area contributed by atoms with Crippen LogP contribution in [-0.2, 0) is 4.79 Å². The number of nitrogens with one attached hydrogen (secondary N) is 1. The maximum atomic E-state index is 11.6. The minimum absolute atomic E-state index is 0.0383. The van der Waals surface area contributed by atoms with Crippen molar-refractivity contribution < 1.29 is 9.59 Å². The summed E-state index contributed by atoms with van der Waals surface area (Å²) in [4.78, 5) is 24.6. The van der Waals surface area contributed by atoms with Crippen LogP contribution in [-0.4, -0.2) is 36.9 Å². The fourth-order valence-corrected chi connectivity index (χ4v) is 2.14. The van der Waals surface area contributed by atoms with Crippen LogP contribution in [0.15, 0.2) is 15.2 Å². The van der Waals surface area contributed by atoms with Gasteiger partial charge < -0.3 is 10.2 Å². The molecule has 1 aromatic heterocycles. The van der Waals surface area contributed by atoms with Gasteiger partial charge in [0, 0.05) is 19.0 Å². The van der Waals surface area contributed by atoms with E-state index in [1.807, 2.05) is 6.92 Å². The van der Waals surface area contributed by atoms with Crippen LogP contribution in [0.3, 0.4) is 0 Å². The van der Waals surface area contributed by atoms with Crippen molar-refractivity contribution in [1.82, 2.24) is 10.2 Å². The number of rotatable bonds is 4. The van der Waals surface area contributed by atoms with Crippen LogP contribution in [0.4, 0.5) is 0 Å². The monoisotopic (exact) mass is 304 g/mol. The highest BCUT2D eigenvalue weighted by atomic mass is 79.9. The molecule has 0 atom stereocenters. The maximum Gasteiger partial charge on any atom is 0.252 e. The van der Waals surface area contributed by atoms with Gasteiger partial charge in [-0.05, 0) is 28.9 Å². The number of carbonyl (C=O) groups excluding carboxylic acids is 2. The molecule has 1 rings (SSSR count). The number of hydrogen-bond acceptors (Lipinski definition) is 3. The Balaban J connectivity index is 2.44. The third-order valence-electron chi connectivity index (χ3n) is 2.13. The van der Waals surface area contributed by atoms with E-state index in [-0.39, 0.29) is 18.4 Å². The number of halogens is 1. The molecule has 2 amide bonds. The van der Waals surface area contributed by atoms with Gasteiger partial charge in [-0.25, -0.2) is 0 Å². The highest BCUT2D eigenvalue weighted by molar-refractivity contribution is 9.11. The lowest BCUT2D eigenvalue weighted by atomic mass is 10.3. The lowest BCUT2D eigenvalue weighted by Gasteiger charge is -2.14. The van der Waals surface area contributed by atoms with E-state index < -0.39 is 0 Å². The van der Waals surface area contributed by atoms with Gasteiger partial charge in [-0.1, -0.05) is 0 Å². The summed E-state index contributed by atoms with van der Waals surface area (Å²) in [5.74, 6) is -0.315. The molecule has 0 spiro atoms. The number of amides is 2. The number of likely N-dealkylation sites (N-methyl/N-ethyl adjacent to an activating group) is 1. The molecule has 0 saturated heterocycles. The molecular formula is C10H13BrN2O2S. The third kappa shape index (κ3) is 3.61. The lowest BCUT2D eigenvalue weighted by molar-refractivity contribution is -0.128. The van der Waals surface area contributed by atoms with Gasteiger partial charge in [-0.2, -0.15) is 0 Å². The second-order valence-corrected chi connectivity index (χ2v) is 5.52. The van der Waals surface area contributed by atoms with Gasteiger partial charge in [0.25, 0.3) is 5.91 Å². The van der Waals surface area contributed by atoms with Crippen molar-refractivity contribution in [3.05, 3.63) is 20.8 Å². The number of hydrogen-bond donors (Lipinski definition) is 1. The van der Waals surface area contributed by atoms with Crippen molar-refractivity contribution >= 4 is 39.1 Å². The number of nitrogens with zero attached hydrogens (tertiary/aromatic N) is 1. The highest BCUT2D eigenvalue weighted by Gasteiger charge is 2.11. The van der Waals surface area contributed by atoms with Crippen LogP contribution < -0.4 is 5.32 Å². The van der Waals surface area contributed by atoms with Crippen molar-refractivity contribution in [3.63, 3.8) is 0 Å². The minimum Gasteiger partial charge on any atom is -0.345 e. The Hall–Kier alpha value is -0.880. The van der Waals surface area contributed by atoms with E-state index in [9.17, 15) is 9.59 Å². The molecule has 0 saturated carbocycles. The molecule has 0 aliphatic heterocycles. The maximum absolute atomic E-state index is 11.6. The molecule has 4 nitrogen and oxygen atoms in total.